The van der Waals surface area contributed by atoms with Crippen LogP contribution in [0.25, 0.3) is 21.8 Å². The summed E-state index contributed by atoms with van der Waals surface area (Å²) >= 11 is 0. The van der Waals surface area contributed by atoms with E-state index in [1.54, 1.807) is 0 Å². The van der Waals surface area contributed by atoms with E-state index < -0.39 is 0 Å². The maximum Gasteiger partial charge on any atom is 1.00 e. The normalized spacial score (nSPS) is 13.0. The van der Waals surface area contributed by atoms with Crippen molar-refractivity contribution in [3.63, 3.8) is 0 Å². The van der Waals surface area contributed by atoms with Crippen molar-refractivity contribution in [3.05, 3.63) is 130 Å². The van der Waals surface area contributed by atoms with E-state index >= 15 is 0 Å². The van der Waals surface area contributed by atoms with Crippen molar-refractivity contribution in [2.45, 2.75) is 131 Å². The molecule has 2 heterocycles. The van der Waals surface area contributed by atoms with Crippen molar-refractivity contribution in [1.29, 1.82) is 0 Å². The molecule has 0 saturated carbocycles. The van der Waals surface area contributed by atoms with Gasteiger partial charge in [-0.2, -0.15) is 0 Å². The average molecular weight is 914 g/mol. The van der Waals surface area contributed by atoms with Gasteiger partial charge in [-0.15, -0.1) is 11.0 Å². The molecule has 5 aromatic carbocycles. The topological polar surface area (TPSA) is 20.1 Å². The summed E-state index contributed by atoms with van der Waals surface area (Å²) in [5.41, 5.74) is 15.7. The summed E-state index contributed by atoms with van der Waals surface area (Å²) in [6.45, 7) is 31.8. The zero-order valence-electron chi connectivity index (χ0n) is 35.7. The SMILES string of the molecule is CC(C)(C)c1ccc2[n-]c3ccc(C(C)(C)C)cc3c2c1.CC(C)c1cccc(C(C)C)c1[N+]1=C=[N+](c2c(C(C)C)cccc2C(C)C)c2ccccc21.[Au+]. The van der Waals surface area contributed by atoms with Crippen LogP contribution in [-0.2, 0) is 33.2 Å². The molecule has 3 nitrogen and oxygen atoms in total. The van der Waals surface area contributed by atoms with Gasteiger partial charge in [0, 0.05) is 34.4 Å². The summed E-state index contributed by atoms with van der Waals surface area (Å²) in [4.78, 5) is 4.76. The van der Waals surface area contributed by atoms with Crippen LogP contribution in [0.3, 0.4) is 0 Å². The van der Waals surface area contributed by atoms with Gasteiger partial charge in [0.2, 0.25) is 11.4 Å². The minimum Gasteiger partial charge on any atom is -0.657 e. The van der Waals surface area contributed by atoms with Gasteiger partial charge in [0.05, 0.1) is 0 Å². The molecule has 0 amide bonds. The molecule has 55 heavy (non-hydrogen) atoms. The van der Waals surface area contributed by atoms with Gasteiger partial charge in [0.25, 0.3) is 11.4 Å². The molecule has 1 aromatic heterocycles. The number of benzene rings is 5. The van der Waals surface area contributed by atoms with Gasteiger partial charge in [-0.05, 0) is 65.6 Å². The van der Waals surface area contributed by atoms with Crippen LogP contribution in [0.5, 0.6) is 0 Å². The van der Waals surface area contributed by atoms with Gasteiger partial charge in [-0.25, -0.2) is 0 Å². The van der Waals surface area contributed by atoms with Crippen LogP contribution in [-0.4, -0.2) is 6.01 Å². The van der Waals surface area contributed by atoms with Crippen LogP contribution in [0.1, 0.15) is 154 Å². The van der Waals surface area contributed by atoms with E-state index in [0.717, 1.165) is 11.0 Å². The Morgan fingerprint density at radius 3 is 1.07 bits per heavy atom. The van der Waals surface area contributed by atoms with Gasteiger partial charge >= 0.3 is 28.4 Å². The minimum absolute atomic E-state index is 0. The second-order valence-electron chi connectivity index (χ2n) is 18.5. The van der Waals surface area contributed by atoms with Crippen molar-refractivity contribution in [3.8, 4) is 0 Å². The van der Waals surface area contributed by atoms with E-state index in [1.807, 2.05) is 0 Å². The second kappa shape index (κ2) is 16.2. The van der Waals surface area contributed by atoms with Crippen LogP contribution in [0.4, 0.5) is 22.7 Å². The molecule has 0 fully saturated rings. The molecule has 0 saturated heterocycles. The average Bonchev–Trinajstić information content (AvgIpc) is 3.68. The fraction of sp³-hybridized carbons (Fsp3) is 0.392. The predicted molar refractivity (Wildman–Crippen MR) is 236 cm³/mol. The van der Waals surface area contributed by atoms with Crippen molar-refractivity contribution in [2.75, 3.05) is 0 Å². The standard InChI is InChI=1S/C31H38N2.C20H24N.Au/c1-20(2)24-13-11-14-25(21(3)4)30(24)32-19-33(29-18-10-9-17-28(29)32)31-26(22(5)6)15-12-16-27(31)23(7)8;1-19(2,3)13-7-9-17-15(11-13)16-12-14(20(4,5)6)8-10-18(16)21-17;/h9-18,20-23H,1-8H3;7-12H,1-6H3;/q+2;-1;+1. The maximum absolute atomic E-state index is 4.76. The fourth-order valence-corrected chi connectivity index (χ4v) is 7.69. The van der Waals surface area contributed by atoms with Gasteiger partial charge in [-0.3, -0.25) is 0 Å². The molecule has 0 unspecified atom stereocenters. The van der Waals surface area contributed by atoms with Gasteiger partial charge < -0.3 is 4.98 Å². The first-order chi connectivity index (χ1) is 25.4. The van der Waals surface area contributed by atoms with E-state index in [-0.39, 0.29) is 33.2 Å². The quantitative estimate of drug-likeness (QED) is 0.120. The third kappa shape index (κ3) is 8.42. The maximum atomic E-state index is 4.76. The van der Waals surface area contributed by atoms with Crippen molar-refractivity contribution < 1.29 is 22.4 Å². The number of nitrogens with zero attached hydrogens (tertiary/aromatic N) is 3. The number of para-hydroxylation sites is 4. The van der Waals surface area contributed by atoms with Crippen LogP contribution in [0, 0.1) is 0 Å². The fourth-order valence-electron chi connectivity index (χ4n) is 7.69. The Bertz CT molecular complexity index is 2180. The summed E-state index contributed by atoms with van der Waals surface area (Å²) in [7, 11) is 0. The van der Waals surface area contributed by atoms with Crippen LogP contribution in [0.2, 0.25) is 0 Å². The number of rotatable bonds is 6. The Hall–Kier alpha value is -3.98. The molecule has 0 spiro atoms. The molecule has 0 radical (unpaired) electrons. The summed E-state index contributed by atoms with van der Waals surface area (Å²) < 4.78 is 4.64. The Morgan fingerprint density at radius 1 is 0.455 bits per heavy atom. The van der Waals surface area contributed by atoms with E-state index in [1.165, 1.54) is 66.9 Å². The summed E-state index contributed by atoms with van der Waals surface area (Å²) in [5.74, 6) is 1.71. The molecular weight excluding hydrogens is 852 g/mol. The predicted octanol–water partition coefficient (Wildman–Crippen LogP) is 14.6. The molecular formula is C51H62AuN3+2. The smallest absolute Gasteiger partial charge is 0.657 e. The molecule has 6 aromatic rings. The number of aromatic nitrogens is 1. The van der Waals surface area contributed by atoms with Crippen LogP contribution < -0.4 is 14.1 Å². The number of hydrogen-bond acceptors (Lipinski definition) is 0. The molecule has 1 aliphatic heterocycles. The van der Waals surface area contributed by atoms with Crippen molar-refractivity contribution in [2.24, 2.45) is 0 Å². The summed E-state index contributed by atoms with van der Waals surface area (Å²) in [6, 6.07) is 39.5. The largest absolute Gasteiger partial charge is 1.00 e. The number of hydrogen-bond donors (Lipinski definition) is 0. The second-order valence-corrected chi connectivity index (χ2v) is 18.5. The first-order valence-electron chi connectivity index (χ1n) is 20.1. The molecule has 0 N–H and O–H groups in total. The van der Waals surface area contributed by atoms with Crippen LogP contribution in [0.15, 0.2) is 97.1 Å². The minimum atomic E-state index is 0. The summed E-state index contributed by atoms with van der Waals surface area (Å²) in [5, 5.41) is 2.56. The molecule has 0 aliphatic carbocycles. The zero-order valence-corrected chi connectivity index (χ0v) is 37.9. The van der Waals surface area contributed by atoms with Crippen molar-refractivity contribution >= 4 is 50.6 Å². The molecule has 7 rings (SSSR count). The first-order valence-corrected chi connectivity index (χ1v) is 20.1. The van der Waals surface area contributed by atoms with Gasteiger partial charge in [0.1, 0.15) is 0 Å². The summed E-state index contributed by atoms with van der Waals surface area (Å²) in [6.07, 6.45) is 0. The third-order valence-corrected chi connectivity index (χ3v) is 11.0. The molecule has 4 heteroatoms. The van der Waals surface area contributed by atoms with Crippen molar-refractivity contribution in [1.82, 2.24) is 14.1 Å². The zero-order chi connectivity index (χ0) is 39.3. The van der Waals surface area contributed by atoms with E-state index in [4.69, 9.17) is 4.98 Å². The van der Waals surface area contributed by atoms with E-state index in [0.29, 0.717) is 23.7 Å². The Morgan fingerprint density at radius 2 is 0.782 bits per heavy atom. The molecule has 1 aliphatic rings. The van der Waals surface area contributed by atoms with Gasteiger partial charge in [-0.1, -0.05) is 182 Å². The molecule has 0 bridgehead atoms. The third-order valence-electron chi connectivity index (χ3n) is 11.0. The first kappa shape index (κ1) is 42.2. The van der Waals surface area contributed by atoms with E-state index in [9.17, 15) is 0 Å². The number of fused-ring (bicyclic) bond motifs is 4. The Balaban J connectivity index is 0.000000227. The molecule has 290 valence electrons. The monoisotopic (exact) mass is 913 g/mol. The Labute approximate surface area is 347 Å². The van der Waals surface area contributed by atoms with E-state index in [2.05, 4.69) is 209 Å². The van der Waals surface area contributed by atoms with Gasteiger partial charge in [0.15, 0.2) is 0 Å². The Kier molecular flexibility index (Phi) is 12.5. The van der Waals surface area contributed by atoms with Crippen LogP contribution >= 0.6 is 0 Å². The molecule has 0 atom stereocenters.